The average Bonchev–Trinajstić information content (AvgIpc) is 2.91. The van der Waals surface area contributed by atoms with E-state index in [4.69, 9.17) is 10.00 Å². The van der Waals surface area contributed by atoms with Gasteiger partial charge in [0.25, 0.3) is 0 Å². The lowest BCUT2D eigenvalue weighted by molar-refractivity contribution is 0.0602. The van der Waals surface area contributed by atoms with Gasteiger partial charge in [0.2, 0.25) is 0 Å². The number of likely N-dealkylation sites (N-methyl/N-ethyl adjacent to an activating group) is 1. The van der Waals surface area contributed by atoms with Gasteiger partial charge in [-0.25, -0.2) is 0 Å². The summed E-state index contributed by atoms with van der Waals surface area (Å²) in [4.78, 5) is 2.10. The zero-order valence-electron chi connectivity index (χ0n) is 11.2. The molecule has 0 amide bonds. The standard InChI is InChI=1S/C15H20N2O2/c1-17(10-14-3-2-8-19-14)11-15(18)13-6-4-12(9-16)5-7-13/h4-7,14-15,18H,2-3,8,10-11H2,1H3. The minimum Gasteiger partial charge on any atom is -0.387 e. The van der Waals surface area contributed by atoms with Crippen LogP contribution in [0.25, 0.3) is 0 Å². The first-order valence-electron chi connectivity index (χ1n) is 6.67. The Hall–Kier alpha value is -1.41. The lowest BCUT2D eigenvalue weighted by Gasteiger charge is -2.23. The number of ether oxygens (including phenoxy) is 1. The van der Waals surface area contributed by atoms with Gasteiger partial charge in [-0.1, -0.05) is 12.1 Å². The van der Waals surface area contributed by atoms with Gasteiger partial charge in [0.15, 0.2) is 0 Å². The van der Waals surface area contributed by atoms with Crippen molar-refractivity contribution in [3.05, 3.63) is 35.4 Å². The smallest absolute Gasteiger partial charge is 0.0991 e. The van der Waals surface area contributed by atoms with Crippen molar-refractivity contribution >= 4 is 0 Å². The molecule has 0 saturated carbocycles. The summed E-state index contributed by atoms with van der Waals surface area (Å²) in [5, 5.41) is 18.9. The van der Waals surface area contributed by atoms with Gasteiger partial charge in [-0.2, -0.15) is 5.26 Å². The highest BCUT2D eigenvalue weighted by Gasteiger charge is 2.19. The summed E-state index contributed by atoms with van der Waals surface area (Å²) < 4.78 is 5.58. The number of rotatable bonds is 5. The van der Waals surface area contributed by atoms with E-state index in [2.05, 4.69) is 11.0 Å². The topological polar surface area (TPSA) is 56.5 Å². The van der Waals surface area contributed by atoms with E-state index in [0.717, 1.165) is 31.6 Å². The van der Waals surface area contributed by atoms with Gasteiger partial charge in [-0.3, -0.25) is 0 Å². The molecule has 4 nitrogen and oxygen atoms in total. The number of hydrogen-bond donors (Lipinski definition) is 1. The first-order chi connectivity index (χ1) is 9.19. The molecule has 0 spiro atoms. The SMILES string of the molecule is CN(CC1CCCO1)CC(O)c1ccc(C#N)cc1. The molecule has 1 aromatic carbocycles. The van der Waals surface area contributed by atoms with Crippen molar-refractivity contribution < 1.29 is 9.84 Å². The second-order valence-corrected chi connectivity index (χ2v) is 5.11. The monoisotopic (exact) mass is 260 g/mol. The molecule has 1 fully saturated rings. The zero-order chi connectivity index (χ0) is 13.7. The molecule has 19 heavy (non-hydrogen) atoms. The highest BCUT2D eigenvalue weighted by Crippen LogP contribution is 2.17. The van der Waals surface area contributed by atoms with Crippen LogP contribution in [0, 0.1) is 11.3 Å². The lowest BCUT2D eigenvalue weighted by Crippen LogP contribution is -2.32. The van der Waals surface area contributed by atoms with E-state index in [-0.39, 0.29) is 0 Å². The Bertz CT molecular complexity index is 432. The highest BCUT2D eigenvalue weighted by atomic mass is 16.5. The van der Waals surface area contributed by atoms with Crippen molar-refractivity contribution in [3.63, 3.8) is 0 Å². The molecule has 2 unspecified atom stereocenters. The molecule has 1 aliphatic heterocycles. The van der Waals surface area contributed by atoms with E-state index in [1.165, 1.54) is 0 Å². The van der Waals surface area contributed by atoms with Crippen molar-refractivity contribution in [1.82, 2.24) is 4.90 Å². The molecule has 1 N–H and O–H groups in total. The maximum Gasteiger partial charge on any atom is 0.0991 e. The molecule has 1 aliphatic rings. The molecule has 0 aliphatic carbocycles. The second kappa shape index (κ2) is 6.67. The molecule has 1 heterocycles. The zero-order valence-corrected chi connectivity index (χ0v) is 11.2. The van der Waals surface area contributed by atoms with Gasteiger partial charge in [0.1, 0.15) is 0 Å². The Morgan fingerprint density at radius 1 is 1.47 bits per heavy atom. The second-order valence-electron chi connectivity index (χ2n) is 5.11. The number of aliphatic hydroxyl groups is 1. The summed E-state index contributed by atoms with van der Waals surface area (Å²) in [6, 6.07) is 9.16. The molecular formula is C15H20N2O2. The fraction of sp³-hybridized carbons (Fsp3) is 0.533. The van der Waals surface area contributed by atoms with Crippen LogP contribution in [-0.2, 0) is 4.74 Å². The summed E-state index contributed by atoms with van der Waals surface area (Å²) in [5.41, 5.74) is 1.46. The van der Waals surface area contributed by atoms with E-state index in [1.807, 2.05) is 19.2 Å². The maximum atomic E-state index is 10.2. The van der Waals surface area contributed by atoms with Crippen molar-refractivity contribution in [2.75, 3.05) is 26.7 Å². The molecule has 0 radical (unpaired) electrons. The number of aliphatic hydroxyl groups excluding tert-OH is 1. The molecule has 1 aromatic rings. The van der Waals surface area contributed by atoms with Crippen LogP contribution < -0.4 is 0 Å². The van der Waals surface area contributed by atoms with Gasteiger partial charge in [0, 0.05) is 19.7 Å². The molecule has 1 saturated heterocycles. The normalized spacial score (nSPS) is 20.4. The minimum atomic E-state index is -0.529. The van der Waals surface area contributed by atoms with Gasteiger partial charge < -0.3 is 14.7 Å². The summed E-state index contributed by atoms with van der Waals surface area (Å²) in [6.45, 7) is 2.29. The molecule has 2 atom stereocenters. The Morgan fingerprint density at radius 3 is 2.79 bits per heavy atom. The molecule has 102 valence electrons. The lowest BCUT2D eigenvalue weighted by atomic mass is 10.1. The van der Waals surface area contributed by atoms with Crippen LogP contribution in [-0.4, -0.2) is 42.9 Å². The average molecular weight is 260 g/mol. The van der Waals surface area contributed by atoms with Crippen molar-refractivity contribution in [1.29, 1.82) is 5.26 Å². The van der Waals surface area contributed by atoms with Crippen molar-refractivity contribution in [2.45, 2.75) is 25.0 Å². The maximum absolute atomic E-state index is 10.2. The van der Waals surface area contributed by atoms with E-state index >= 15 is 0 Å². The minimum absolute atomic E-state index is 0.304. The van der Waals surface area contributed by atoms with Crippen LogP contribution in [0.2, 0.25) is 0 Å². The largest absolute Gasteiger partial charge is 0.387 e. The van der Waals surface area contributed by atoms with Crippen LogP contribution in [0.5, 0.6) is 0 Å². The Labute approximate surface area is 114 Å². The summed E-state index contributed by atoms with van der Waals surface area (Å²) in [6.07, 6.45) is 2.02. The van der Waals surface area contributed by atoms with E-state index < -0.39 is 6.10 Å². The number of benzene rings is 1. The third-order valence-corrected chi connectivity index (χ3v) is 3.45. The van der Waals surface area contributed by atoms with Crippen LogP contribution in [0.1, 0.15) is 30.1 Å². The number of nitrogens with zero attached hydrogens (tertiary/aromatic N) is 2. The third kappa shape index (κ3) is 4.03. The van der Waals surface area contributed by atoms with E-state index in [0.29, 0.717) is 18.2 Å². The Kier molecular flexibility index (Phi) is 4.92. The Balaban J connectivity index is 1.84. The number of hydrogen-bond acceptors (Lipinski definition) is 4. The van der Waals surface area contributed by atoms with Gasteiger partial charge in [0.05, 0.1) is 23.8 Å². The Morgan fingerprint density at radius 2 is 2.21 bits per heavy atom. The summed E-state index contributed by atoms with van der Waals surface area (Å²) >= 11 is 0. The molecule has 2 rings (SSSR count). The molecule has 0 aromatic heterocycles. The summed E-state index contributed by atoms with van der Waals surface area (Å²) in [5.74, 6) is 0. The van der Waals surface area contributed by atoms with Crippen LogP contribution in [0.4, 0.5) is 0 Å². The highest BCUT2D eigenvalue weighted by molar-refractivity contribution is 5.32. The van der Waals surface area contributed by atoms with Crippen LogP contribution in [0.15, 0.2) is 24.3 Å². The first-order valence-corrected chi connectivity index (χ1v) is 6.67. The fourth-order valence-electron chi connectivity index (χ4n) is 2.39. The molecular weight excluding hydrogens is 240 g/mol. The predicted molar refractivity (Wildman–Crippen MR) is 72.6 cm³/mol. The van der Waals surface area contributed by atoms with Gasteiger partial charge >= 0.3 is 0 Å². The van der Waals surface area contributed by atoms with Gasteiger partial charge in [-0.05, 0) is 37.6 Å². The molecule has 0 bridgehead atoms. The molecule has 4 heteroatoms. The third-order valence-electron chi connectivity index (χ3n) is 3.45. The van der Waals surface area contributed by atoms with Crippen molar-refractivity contribution in [2.24, 2.45) is 0 Å². The van der Waals surface area contributed by atoms with Crippen molar-refractivity contribution in [3.8, 4) is 6.07 Å². The predicted octanol–water partition coefficient (Wildman–Crippen LogP) is 1.70. The van der Waals surface area contributed by atoms with Crippen LogP contribution >= 0.6 is 0 Å². The van der Waals surface area contributed by atoms with Crippen LogP contribution in [0.3, 0.4) is 0 Å². The van der Waals surface area contributed by atoms with E-state index in [1.54, 1.807) is 12.1 Å². The summed E-state index contributed by atoms with van der Waals surface area (Å²) in [7, 11) is 1.99. The fourth-order valence-corrected chi connectivity index (χ4v) is 2.39. The van der Waals surface area contributed by atoms with Gasteiger partial charge in [-0.15, -0.1) is 0 Å². The quantitative estimate of drug-likeness (QED) is 0.875. The number of nitriles is 1. The first kappa shape index (κ1) is 14.0. The van der Waals surface area contributed by atoms with E-state index in [9.17, 15) is 5.11 Å².